The molecule has 0 aliphatic rings. The molecule has 0 fully saturated rings. The molecule has 0 N–H and O–H groups in total. The smallest absolute Gasteiger partial charge is 0.0886 e. The molecule has 2 aromatic rings. The van der Waals surface area contributed by atoms with Crippen molar-refractivity contribution in [3.05, 3.63) is 75.4 Å². The normalized spacial score (nSPS) is 5.90. The van der Waals surface area contributed by atoms with E-state index in [2.05, 4.69) is 36.6 Å². The van der Waals surface area contributed by atoms with Gasteiger partial charge >= 0.3 is 45.2 Å². The molecular formula is C14H8N2O4W. The maximum atomic E-state index is 7.50. The first-order valence-electron chi connectivity index (χ1n) is 4.61. The molecule has 0 unspecified atom stereocenters. The minimum atomic E-state index is 0. The molecule has 2 heterocycles. The van der Waals surface area contributed by atoms with E-state index < -0.39 is 0 Å². The van der Waals surface area contributed by atoms with Crippen LogP contribution in [0.4, 0.5) is 0 Å². The van der Waals surface area contributed by atoms with E-state index >= 15 is 0 Å². The van der Waals surface area contributed by atoms with Gasteiger partial charge in [0.05, 0.1) is 11.4 Å². The monoisotopic (exact) mass is 452 g/mol. The van der Waals surface area contributed by atoms with Crippen LogP contribution in [0.15, 0.2) is 48.8 Å². The van der Waals surface area contributed by atoms with Crippen LogP contribution >= 0.6 is 0 Å². The van der Waals surface area contributed by atoms with Crippen LogP contribution in [-0.2, 0) is 39.7 Å². The Balaban J connectivity index is -0.000000141. The standard InChI is InChI=1S/C10H8N2.4CO.W/c1-3-7-11-9(5-1)10-6-2-4-8-12-10;4*1-2;/h1-8H;;;;;. The van der Waals surface area contributed by atoms with Crippen LogP contribution in [0, 0.1) is 26.6 Å². The molecule has 0 saturated heterocycles. The minimum Gasteiger partial charge on any atom is -0.255 e. The Labute approximate surface area is 136 Å². The SMILES string of the molecule is [C-]#[O+].[C-]#[O+].[C-]#[O+].[C-]#[O+].[W].c1ccc(-c2ccccn2)nc1. The van der Waals surface area contributed by atoms with Gasteiger partial charge in [-0.1, -0.05) is 12.1 Å². The summed E-state index contributed by atoms with van der Waals surface area (Å²) in [5.41, 5.74) is 1.83. The molecule has 0 radical (unpaired) electrons. The molecule has 0 aromatic carbocycles. The molecule has 2 rings (SSSR count). The van der Waals surface area contributed by atoms with Crippen molar-refractivity contribution in [1.82, 2.24) is 9.97 Å². The van der Waals surface area contributed by atoms with Crippen molar-refractivity contribution in [2.45, 2.75) is 0 Å². The fraction of sp³-hybridized carbons (Fsp3) is 0. The van der Waals surface area contributed by atoms with Crippen molar-refractivity contribution in [3.63, 3.8) is 0 Å². The number of rotatable bonds is 1. The molecule has 0 bridgehead atoms. The summed E-state index contributed by atoms with van der Waals surface area (Å²) in [6, 6.07) is 11.6. The van der Waals surface area contributed by atoms with Crippen LogP contribution < -0.4 is 0 Å². The summed E-state index contributed by atoms with van der Waals surface area (Å²) < 4.78 is 30.0. The van der Waals surface area contributed by atoms with Crippen LogP contribution in [-0.4, -0.2) is 9.97 Å². The summed E-state index contributed by atoms with van der Waals surface area (Å²) >= 11 is 0. The summed E-state index contributed by atoms with van der Waals surface area (Å²) in [5, 5.41) is 0. The van der Waals surface area contributed by atoms with Crippen molar-refractivity contribution in [3.8, 4) is 11.4 Å². The van der Waals surface area contributed by atoms with Crippen molar-refractivity contribution < 1.29 is 39.7 Å². The average Bonchev–Trinajstić information content (AvgIpc) is 2.63. The van der Waals surface area contributed by atoms with Gasteiger partial charge in [0.1, 0.15) is 0 Å². The van der Waals surface area contributed by atoms with Gasteiger partial charge in [-0.15, -0.1) is 0 Å². The number of aromatic nitrogens is 2. The van der Waals surface area contributed by atoms with Crippen LogP contribution in [0.2, 0.25) is 0 Å². The number of hydrogen-bond donors (Lipinski definition) is 0. The number of pyridine rings is 2. The van der Waals surface area contributed by atoms with E-state index in [1.165, 1.54) is 0 Å². The predicted molar refractivity (Wildman–Crippen MR) is 63.2 cm³/mol. The summed E-state index contributed by atoms with van der Waals surface area (Å²) in [5.74, 6) is 0. The van der Waals surface area contributed by atoms with Gasteiger partial charge < -0.3 is 0 Å². The van der Waals surface area contributed by atoms with Crippen molar-refractivity contribution in [1.29, 1.82) is 0 Å². The Kier molecular flexibility index (Phi) is 34.5. The van der Waals surface area contributed by atoms with Crippen LogP contribution in [0.25, 0.3) is 11.4 Å². The first-order chi connectivity index (χ1) is 9.97. The molecule has 0 aliphatic heterocycles. The van der Waals surface area contributed by atoms with Gasteiger partial charge in [0.15, 0.2) is 0 Å². The number of hydrogen-bond acceptors (Lipinski definition) is 2. The molecule has 0 spiro atoms. The van der Waals surface area contributed by atoms with E-state index in [1.807, 2.05) is 36.4 Å². The van der Waals surface area contributed by atoms with Crippen LogP contribution in [0.3, 0.4) is 0 Å². The second-order valence-electron chi connectivity index (χ2n) is 2.43. The van der Waals surface area contributed by atoms with E-state index in [0.29, 0.717) is 0 Å². The first-order valence-corrected chi connectivity index (χ1v) is 4.61. The molecule has 0 atom stereocenters. The molecule has 7 heteroatoms. The zero-order valence-corrected chi connectivity index (χ0v) is 13.5. The molecule has 6 nitrogen and oxygen atoms in total. The minimum absolute atomic E-state index is 0. The van der Waals surface area contributed by atoms with Gasteiger partial charge in [-0.25, -0.2) is 0 Å². The van der Waals surface area contributed by atoms with E-state index in [1.54, 1.807) is 12.4 Å². The zero-order valence-electron chi connectivity index (χ0n) is 10.6. The molecule has 2 aromatic heterocycles. The quantitative estimate of drug-likeness (QED) is 0.488. The Morgan fingerprint density at radius 2 is 0.857 bits per heavy atom. The third-order valence-electron chi connectivity index (χ3n) is 1.59. The van der Waals surface area contributed by atoms with Gasteiger partial charge in [0.2, 0.25) is 0 Å². The largest absolute Gasteiger partial charge is 0.255 e. The van der Waals surface area contributed by atoms with Gasteiger partial charge in [0.25, 0.3) is 0 Å². The fourth-order valence-electron chi connectivity index (χ4n) is 1.03. The van der Waals surface area contributed by atoms with Gasteiger partial charge in [-0.2, -0.15) is 0 Å². The zero-order chi connectivity index (χ0) is 16.2. The van der Waals surface area contributed by atoms with Gasteiger partial charge in [-0.3, -0.25) is 9.97 Å². The molecule has 0 saturated carbocycles. The third-order valence-corrected chi connectivity index (χ3v) is 1.59. The molecule has 0 amide bonds. The van der Waals surface area contributed by atoms with Gasteiger partial charge in [-0.05, 0) is 24.3 Å². The van der Waals surface area contributed by atoms with E-state index in [9.17, 15) is 0 Å². The van der Waals surface area contributed by atoms with E-state index in [4.69, 9.17) is 18.6 Å². The second kappa shape index (κ2) is 26.5. The van der Waals surface area contributed by atoms with E-state index in [-0.39, 0.29) is 21.1 Å². The van der Waals surface area contributed by atoms with Crippen molar-refractivity contribution >= 4 is 0 Å². The maximum absolute atomic E-state index is 7.50. The summed E-state index contributed by atoms with van der Waals surface area (Å²) in [6.45, 7) is 18.0. The molecule has 104 valence electrons. The predicted octanol–water partition coefficient (Wildman–Crippen LogP) is 1.99. The third kappa shape index (κ3) is 14.2. The Hall–Kier alpha value is -2.05. The van der Waals surface area contributed by atoms with E-state index in [0.717, 1.165) is 11.4 Å². The van der Waals surface area contributed by atoms with Crippen molar-refractivity contribution in [2.75, 3.05) is 0 Å². The van der Waals surface area contributed by atoms with Crippen molar-refractivity contribution in [2.24, 2.45) is 0 Å². The molecular weight excluding hydrogens is 444 g/mol. The Bertz CT molecular complexity index is 448. The average molecular weight is 452 g/mol. The van der Waals surface area contributed by atoms with Crippen LogP contribution in [0.5, 0.6) is 0 Å². The maximum Gasteiger partial charge on any atom is 0.0886 e. The molecule has 0 aliphatic carbocycles. The molecule has 21 heavy (non-hydrogen) atoms. The summed E-state index contributed by atoms with van der Waals surface area (Å²) in [6.07, 6.45) is 3.54. The van der Waals surface area contributed by atoms with Gasteiger partial charge in [0, 0.05) is 33.5 Å². The topological polar surface area (TPSA) is 105 Å². The Morgan fingerprint density at radius 1 is 0.571 bits per heavy atom. The summed E-state index contributed by atoms with van der Waals surface area (Å²) in [7, 11) is 0. The first kappa shape index (κ1) is 27.3. The fourth-order valence-corrected chi connectivity index (χ4v) is 1.03. The second-order valence-corrected chi connectivity index (χ2v) is 2.43. The Morgan fingerprint density at radius 3 is 1.05 bits per heavy atom. The van der Waals surface area contributed by atoms with Crippen LogP contribution in [0.1, 0.15) is 0 Å². The number of nitrogens with zero attached hydrogens (tertiary/aromatic N) is 2. The summed E-state index contributed by atoms with van der Waals surface area (Å²) in [4.78, 5) is 8.37.